The number of anilines is 1. The van der Waals surface area contributed by atoms with Crippen molar-refractivity contribution in [3.05, 3.63) is 58.3 Å². The number of aromatic hydroxyl groups is 1. The molecule has 2 aromatic carbocycles. The molecule has 134 valence electrons. The lowest BCUT2D eigenvalue weighted by atomic mass is 9.94. The van der Waals surface area contributed by atoms with Gasteiger partial charge in [-0.2, -0.15) is 0 Å². The number of hydrogen-bond acceptors (Lipinski definition) is 4. The highest BCUT2D eigenvalue weighted by atomic mass is 79.9. The third kappa shape index (κ3) is 5.44. The lowest BCUT2D eigenvalue weighted by Crippen LogP contribution is -2.22. The van der Waals surface area contributed by atoms with E-state index in [2.05, 4.69) is 21.2 Å². The number of ether oxygens (including phenoxy) is 1. The molecule has 2 atom stereocenters. The number of hydrogen-bond donors (Lipinski definition) is 3. The van der Waals surface area contributed by atoms with Crippen molar-refractivity contribution in [2.75, 3.05) is 11.9 Å². The second-order valence-corrected chi connectivity index (χ2v) is 6.57. The van der Waals surface area contributed by atoms with Gasteiger partial charge in [0.15, 0.2) is 11.6 Å². The monoisotopic (exact) mass is 411 g/mol. The molecule has 0 bridgehead atoms. The Morgan fingerprint density at radius 3 is 2.56 bits per heavy atom. The van der Waals surface area contributed by atoms with Gasteiger partial charge in [-0.25, -0.2) is 9.18 Å². The second kappa shape index (κ2) is 8.82. The lowest BCUT2D eigenvalue weighted by Gasteiger charge is -2.24. The maximum Gasteiger partial charge on any atom is 0.412 e. The number of phenolic OH excluding ortho intramolecular Hbond substituents is 1. The van der Waals surface area contributed by atoms with Crippen LogP contribution in [-0.2, 0) is 4.74 Å². The van der Waals surface area contributed by atoms with E-state index < -0.39 is 23.8 Å². The molecule has 0 aliphatic carbocycles. The minimum Gasteiger partial charge on any atom is -0.505 e. The fourth-order valence-electron chi connectivity index (χ4n) is 2.36. The van der Waals surface area contributed by atoms with Gasteiger partial charge in [0, 0.05) is 16.8 Å². The standard InChI is InChI=1S/C18H19BrFNO4/c1-11(8-9-22)17(12-2-7-16(23)15(20)10-12)25-18(24)21-14-5-3-13(19)4-6-14/h2-7,10-11,17,22-23H,8-9H2,1H3,(H,21,24)/t11-,17+/m1/s1. The molecule has 0 saturated heterocycles. The Morgan fingerprint density at radius 1 is 1.28 bits per heavy atom. The van der Waals surface area contributed by atoms with Crippen LogP contribution >= 0.6 is 15.9 Å². The number of rotatable bonds is 6. The molecule has 2 rings (SSSR count). The van der Waals surface area contributed by atoms with Crippen molar-refractivity contribution in [1.82, 2.24) is 0 Å². The Labute approximate surface area is 153 Å². The third-order valence-electron chi connectivity index (χ3n) is 3.73. The number of aliphatic hydroxyl groups is 1. The summed E-state index contributed by atoms with van der Waals surface area (Å²) in [4.78, 5) is 12.2. The lowest BCUT2D eigenvalue weighted by molar-refractivity contribution is 0.0665. The molecule has 5 nitrogen and oxygen atoms in total. The molecule has 0 saturated carbocycles. The van der Waals surface area contributed by atoms with Gasteiger partial charge >= 0.3 is 6.09 Å². The number of aliphatic hydroxyl groups excluding tert-OH is 1. The molecule has 7 heteroatoms. The van der Waals surface area contributed by atoms with Crippen LogP contribution < -0.4 is 5.32 Å². The Kier molecular flexibility index (Phi) is 6.78. The summed E-state index contributed by atoms with van der Waals surface area (Å²) < 4.78 is 20.0. The Morgan fingerprint density at radius 2 is 1.96 bits per heavy atom. The molecular weight excluding hydrogens is 393 g/mol. The van der Waals surface area contributed by atoms with Gasteiger partial charge in [-0.15, -0.1) is 0 Å². The number of halogens is 2. The molecule has 0 aliphatic heterocycles. The summed E-state index contributed by atoms with van der Waals surface area (Å²) in [6.45, 7) is 1.70. The van der Waals surface area contributed by atoms with Gasteiger partial charge in [-0.1, -0.05) is 28.9 Å². The molecule has 0 spiro atoms. The minimum atomic E-state index is -0.796. The molecule has 0 fully saturated rings. The van der Waals surface area contributed by atoms with E-state index in [9.17, 15) is 14.3 Å². The number of carbonyl (C=O) groups is 1. The molecule has 0 heterocycles. The summed E-state index contributed by atoms with van der Waals surface area (Å²) in [7, 11) is 0. The van der Waals surface area contributed by atoms with E-state index in [0.717, 1.165) is 10.5 Å². The third-order valence-corrected chi connectivity index (χ3v) is 4.25. The van der Waals surface area contributed by atoms with E-state index in [1.807, 2.05) is 0 Å². The van der Waals surface area contributed by atoms with Gasteiger partial charge in [0.1, 0.15) is 6.10 Å². The molecule has 25 heavy (non-hydrogen) atoms. The van der Waals surface area contributed by atoms with Crippen molar-refractivity contribution in [3.63, 3.8) is 0 Å². The quantitative estimate of drug-likeness (QED) is 0.648. The van der Waals surface area contributed by atoms with Crippen molar-refractivity contribution in [3.8, 4) is 5.75 Å². The van der Waals surface area contributed by atoms with Gasteiger partial charge in [-0.3, -0.25) is 5.32 Å². The summed E-state index contributed by atoms with van der Waals surface area (Å²) in [5.74, 6) is -1.52. The van der Waals surface area contributed by atoms with Crippen LogP contribution in [0.3, 0.4) is 0 Å². The van der Waals surface area contributed by atoms with Gasteiger partial charge in [0.05, 0.1) is 0 Å². The molecule has 2 aromatic rings. The fourth-order valence-corrected chi connectivity index (χ4v) is 2.63. The largest absolute Gasteiger partial charge is 0.505 e. The van der Waals surface area contributed by atoms with Crippen LogP contribution in [0.4, 0.5) is 14.9 Å². The first kappa shape index (κ1) is 19.2. The van der Waals surface area contributed by atoms with Crippen LogP contribution in [0.1, 0.15) is 25.0 Å². The first-order valence-corrected chi connectivity index (χ1v) is 8.52. The molecule has 1 amide bonds. The highest BCUT2D eigenvalue weighted by molar-refractivity contribution is 9.10. The van der Waals surface area contributed by atoms with Gasteiger partial charge in [-0.05, 0) is 54.3 Å². The van der Waals surface area contributed by atoms with Crippen molar-refractivity contribution >= 4 is 27.7 Å². The van der Waals surface area contributed by atoms with Crippen LogP contribution in [0.2, 0.25) is 0 Å². The Bertz CT molecular complexity index is 724. The zero-order valence-corrected chi connectivity index (χ0v) is 15.2. The summed E-state index contributed by atoms with van der Waals surface area (Å²) in [5, 5.41) is 21.1. The summed E-state index contributed by atoms with van der Waals surface area (Å²) in [6.07, 6.45) is -1.08. The van der Waals surface area contributed by atoms with Crippen LogP contribution in [0.5, 0.6) is 5.75 Å². The summed E-state index contributed by atoms with van der Waals surface area (Å²) in [5.41, 5.74) is 0.959. The van der Waals surface area contributed by atoms with Crippen LogP contribution in [-0.4, -0.2) is 22.9 Å². The van der Waals surface area contributed by atoms with Crippen molar-refractivity contribution in [2.45, 2.75) is 19.4 Å². The van der Waals surface area contributed by atoms with Crippen molar-refractivity contribution < 1.29 is 24.1 Å². The van der Waals surface area contributed by atoms with E-state index in [4.69, 9.17) is 9.84 Å². The number of phenols is 1. The smallest absolute Gasteiger partial charge is 0.412 e. The van der Waals surface area contributed by atoms with Crippen LogP contribution in [0.25, 0.3) is 0 Å². The average Bonchev–Trinajstić information content (AvgIpc) is 2.57. The first-order chi connectivity index (χ1) is 11.9. The van der Waals surface area contributed by atoms with Crippen molar-refractivity contribution in [2.24, 2.45) is 5.92 Å². The van der Waals surface area contributed by atoms with Gasteiger partial charge in [0.25, 0.3) is 0 Å². The highest BCUT2D eigenvalue weighted by Crippen LogP contribution is 2.31. The van der Waals surface area contributed by atoms with E-state index in [-0.39, 0.29) is 12.5 Å². The summed E-state index contributed by atoms with van der Waals surface area (Å²) in [6, 6.07) is 10.8. The van der Waals surface area contributed by atoms with E-state index in [1.54, 1.807) is 31.2 Å². The predicted octanol–water partition coefficient (Wildman–Crippen LogP) is 4.60. The number of amides is 1. The predicted molar refractivity (Wildman–Crippen MR) is 95.9 cm³/mol. The second-order valence-electron chi connectivity index (χ2n) is 5.66. The van der Waals surface area contributed by atoms with Crippen molar-refractivity contribution in [1.29, 1.82) is 0 Å². The zero-order valence-electron chi connectivity index (χ0n) is 13.6. The Hall–Kier alpha value is -2.12. The number of carbonyl (C=O) groups excluding carboxylic acids is 1. The molecular formula is C18H19BrFNO4. The maximum atomic E-state index is 13.7. The molecule has 0 aromatic heterocycles. The van der Waals surface area contributed by atoms with E-state index >= 15 is 0 Å². The average molecular weight is 412 g/mol. The van der Waals surface area contributed by atoms with E-state index in [1.165, 1.54) is 12.1 Å². The SMILES string of the molecule is C[C@H](CCO)[C@H](OC(=O)Nc1ccc(Br)cc1)c1ccc(O)c(F)c1. The first-order valence-electron chi connectivity index (χ1n) is 7.73. The minimum absolute atomic E-state index is 0.0874. The van der Waals surface area contributed by atoms with Gasteiger partial charge < -0.3 is 14.9 Å². The molecule has 0 radical (unpaired) electrons. The summed E-state index contributed by atoms with van der Waals surface area (Å²) >= 11 is 3.31. The molecule has 0 unspecified atom stereocenters. The molecule has 3 N–H and O–H groups in total. The Balaban J connectivity index is 2.15. The highest BCUT2D eigenvalue weighted by Gasteiger charge is 2.24. The van der Waals surface area contributed by atoms with Crippen LogP contribution in [0.15, 0.2) is 46.9 Å². The normalized spacial score (nSPS) is 13.1. The number of nitrogens with one attached hydrogen (secondary N) is 1. The molecule has 0 aliphatic rings. The van der Waals surface area contributed by atoms with E-state index in [0.29, 0.717) is 17.7 Å². The van der Waals surface area contributed by atoms with Gasteiger partial charge in [0.2, 0.25) is 0 Å². The fraction of sp³-hybridized carbons (Fsp3) is 0.278. The topological polar surface area (TPSA) is 78.8 Å². The zero-order chi connectivity index (χ0) is 18.4. The van der Waals surface area contributed by atoms with Crippen LogP contribution in [0, 0.1) is 11.7 Å². The number of benzene rings is 2. The maximum absolute atomic E-state index is 13.7.